The van der Waals surface area contributed by atoms with E-state index in [4.69, 9.17) is 19.2 Å². The number of hydrogen-bond acceptors (Lipinski definition) is 6. The highest BCUT2D eigenvalue weighted by Gasteiger charge is 2.26. The van der Waals surface area contributed by atoms with Gasteiger partial charge in [0.05, 0.1) is 24.3 Å². The van der Waals surface area contributed by atoms with Crippen LogP contribution in [0.3, 0.4) is 0 Å². The van der Waals surface area contributed by atoms with Crippen LogP contribution in [0.2, 0.25) is 0 Å². The minimum atomic E-state index is -0.469. The normalized spacial score (nSPS) is 12.2. The van der Waals surface area contributed by atoms with E-state index in [1.54, 1.807) is 13.4 Å². The van der Waals surface area contributed by atoms with Gasteiger partial charge in [0.15, 0.2) is 0 Å². The topological polar surface area (TPSA) is 75.5 Å². The number of benzene rings is 3. The summed E-state index contributed by atoms with van der Waals surface area (Å²) in [5.74, 6) is 1.17. The summed E-state index contributed by atoms with van der Waals surface area (Å²) >= 11 is 0. The molecule has 0 aliphatic heterocycles. The number of nitrogens with zero attached hydrogens (tertiary/aromatic N) is 3. The maximum atomic E-state index is 12.2. The summed E-state index contributed by atoms with van der Waals surface area (Å²) in [7, 11) is 1.67. The number of rotatable bonds is 12. The highest BCUT2D eigenvalue weighted by molar-refractivity contribution is 6.05. The summed E-state index contributed by atoms with van der Waals surface area (Å²) in [5.41, 5.74) is 5.66. The molecule has 0 unspecified atom stereocenters. The van der Waals surface area contributed by atoms with E-state index in [-0.39, 0.29) is 12.1 Å². The molecule has 228 valence electrons. The molecule has 2 heterocycles. The van der Waals surface area contributed by atoms with Crippen molar-refractivity contribution in [2.45, 2.75) is 71.6 Å². The van der Waals surface area contributed by atoms with Gasteiger partial charge in [-0.2, -0.15) is 0 Å². The average molecular weight is 592 g/mol. The van der Waals surface area contributed by atoms with Crippen molar-refractivity contribution in [1.82, 2.24) is 14.5 Å². The van der Waals surface area contributed by atoms with Crippen LogP contribution in [0.25, 0.3) is 33.4 Å². The van der Waals surface area contributed by atoms with Crippen LogP contribution >= 0.6 is 0 Å². The Hall–Kier alpha value is -4.65. The molecule has 0 fully saturated rings. The Morgan fingerprint density at radius 3 is 2.20 bits per heavy atom. The van der Waals surface area contributed by atoms with Gasteiger partial charge < -0.3 is 18.8 Å². The van der Waals surface area contributed by atoms with Crippen molar-refractivity contribution >= 4 is 17.0 Å². The predicted molar refractivity (Wildman–Crippen MR) is 175 cm³/mol. The Morgan fingerprint density at radius 1 is 0.864 bits per heavy atom. The second kappa shape index (κ2) is 13.8. The van der Waals surface area contributed by atoms with E-state index in [0.29, 0.717) is 18.8 Å². The van der Waals surface area contributed by atoms with Crippen molar-refractivity contribution in [3.8, 4) is 34.0 Å². The molecule has 0 saturated carbocycles. The van der Waals surface area contributed by atoms with Crippen molar-refractivity contribution in [2.24, 2.45) is 0 Å². The molecule has 0 aliphatic carbocycles. The van der Waals surface area contributed by atoms with Crippen LogP contribution in [-0.4, -0.2) is 39.3 Å². The number of hydrogen-bond donors (Lipinski definition) is 0. The zero-order valence-electron chi connectivity index (χ0n) is 26.2. The molecule has 0 radical (unpaired) electrons. The molecule has 0 N–H and O–H groups in total. The lowest BCUT2D eigenvalue weighted by molar-refractivity contribution is -0.154. The number of unbranched alkanes of at least 4 members (excludes halogenated alkanes) is 1. The number of esters is 1. The lowest BCUT2D eigenvalue weighted by Crippen LogP contribution is -2.23. The molecule has 0 saturated heterocycles. The summed E-state index contributed by atoms with van der Waals surface area (Å²) in [6.45, 7) is 8.35. The van der Waals surface area contributed by atoms with Gasteiger partial charge in [0.1, 0.15) is 23.3 Å². The van der Waals surface area contributed by atoms with E-state index >= 15 is 0 Å². The summed E-state index contributed by atoms with van der Waals surface area (Å²) in [5, 5.41) is 0.869. The van der Waals surface area contributed by atoms with Crippen LogP contribution in [0.4, 0.5) is 0 Å². The summed E-state index contributed by atoms with van der Waals surface area (Å²) in [6, 6.07) is 28.9. The Morgan fingerprint density at radius 2 is 1.55 bits per heavy atom. The molecule has 0 aliphatic rings. The molecule has 0 spiro atoms. The van der Waals surface area contributed by atoms with Crippen molar-refractivity contribution < 1.29 is 19.0 Å². The molecule has 3 aromatic carbocycles. The fourth-order valence-corrected chi connectivity index (χ4v) is 5.43. The van der Waals surface area contributed by atoms with E-state index in [1.165, 1.54) is 5.56 Å². The lowest BCUT2D eigenvalue weighted by atomic mass is 9.98. The number of carbonyl (C=O) groups is 1. The minimum Gasteiger partial charge on any atom is -0.497 e. The van der Waals surface area contributed by atoms with Crippen LogP contribution in [0.15, 0.2) is 91.3 Å². The largest absolute Gasteiger partial charge is 0.497 e. The molecule has 44 heavy (non-hydrogen) atoms. The van der Waals surface area contributed by atoms with Crippen molar-refractivity contribution in [3.05, 3.63) is 96.8 Å². The Bertz CT molecular complexity index is 1670. The van der Waals surface area contributed by atoms with Crippen LogP contribution in [-0.2, 0) is 16.1 Å². The first-order valence-electron chi connectivity index (χ1n) is 15.2. The van der Waals surface area contributed by atoms with Gasteiger partial charge in [-0.05, 0) is 75.8 Å². The first-order chi connectivity index (χ1) is 21.2. The van der Waals surface area contributed by atoms with E-state index in [9.17, 15) is 4.79 Å². The van der Waals surface area contributed by atoms with Crippen molar-refractivity contribution in [2.75, 3.05) is 7.11 Å². The standard InChI is InChI=1S/C37H41N3O4/c1-26(14-12-13-19-31(41)44-37(2,3)4)43-36-33-32(28-20-22-30(42-5)23-21-28)34(29-17-10-7-11-18-29)40(35(33)38-25-39-36)24-27-15-8-6-9-16-27/h6-11,15-18,20-23,25-26H,12-14,19,24H2,1-5H3/t26-/m1/s1. The zero-order chi connectivity index (χ0) is 31.1. The Labute approximate surface area is 259 Å². The van der Waals surface area contributed by atoms with E-state index < -0.39 is 5.60 Å². The van der Waals surface area contributed by atoms with E-state index in [2.05, 4.69) is 70.2 Å². The quantitative estimate of drug-likeness (QED) is 0.107. The molecule has 5 rings (SSSR count). The van der Waals surface area contributed by atoms with E-state index in [1.807, 2.05) is 52.0 Å². The van der Waals surface area contributed by atoms with Crippen LogP contribution in [0, 0.1) is 0 Å². The van der Waals surface area contributed by atoms with Gasteiger partial charge in [-0.25, -0.2) is 9.97 Å². The van der Waals surface area contributed by atoms with Crippen molar-refractivity contribution in [1.29, 1.82) is 0 Å². The maximum absolute atomic E-state index is 12.2. The molecule has 2 aromatic heterocycles. The molecular weight excluding hydrogens is 550 g/mol. The fourth-order valence-electron chi connectivity index (χ4n) is 5.43. The summed E-state index contributed by atoms with van der Waals surface area (Å²) in [6.07, 6.45) is 4.22. The third-order valence-electron chi connectivity index (χ3n) is 7.39. The monoisotopic (exact) mass is 591 g/mol. The molecule has 7 heteroatoms. The molecule has 0 bridgehead atoms. The summed E-state index contributed by atoms with van der Waals surface area (Å²) in [4.78, 5) is 21.7. The van der Waals surface area contributed by atoms with Gasteiger partial charge in [-0.3, -0.25) is 4.79 Å². The Balaban J connectivity index is 1.54. The smallest absolute Gasteiger partial charge is 0.306 e. The van der Waals surface area contributed by atoms with Gasteiger partial charge in [0, 0.05) is 18.5 Å². The van der Waals surface area contributed by atoms with E-state index in [0.717, 1.165) is 58.4 Å². The first kappa shape index (κ1) is 30.8. The van der Waals surface area contributed by atoms with Crippen LogP contribution < -0.4 is 9.47 Å². The predicted octanol–water partition coefficient (Wildman–Crippen LogP) is 8.49. The average Bonchev–Trinajstić information content (AvgIpc) is 3.34. The molecule has 1 atom stereocenters. The maximum Gasteiger partial charge on any atom is 0.306 e. The molecule has 7 nitrogen and oxygen atoms in total. The van der Waals surface area contributed by atoms with Gasteiger partial charge >= 0.3 is 5.97 Å². The van der Waals surface area contributed by atoms with Gasteiger partial charge in [-0.15, -0.1) is 0 Å². The summed E-state index contributed by atoms with van der Waals surface area (Å²) < 4.78 is 19.8. The highest BCUT2D eigenvalue weighted by atomic mass is 16.6. The fraction of sp³-hybridized carbons (Fsp3) is 0.324. The first-order valence-corrected chi connectivity index (χ1v) is 15.2. The zero-order valence-corrected chi connectivity index (χ0v) is 26.2. The molecule has 0 amide bonds. The van der Waals surface area contributed by atoms with Gasteiger partial charge in [0.25, 0.3) is 0 Å². The van der Waals surface area contributed by atoms with Gasteiger partial charge in [0.2, 0.25) is 5.88 Å². The van der Waals surface area contributed by atoms with Gasteiger partial charge in [-0.1, -0.05) is 72.8 Å². The second-order valence-corrected chi connectivity index (χ2v) is 12.0. The Kier molecular flexibility index (Phi) is 9.63. The number of fused-ring (bicyclic) bond motifs is 1. The van der Waals surface area contributed by atoms with Crippen LogP contribution in [0.1, 0.15) is 58.9 Å². The van der Waals surface area contributed by atoms with Crippen LogP contribution in [0.5, 0.6) is 11.6 Å². The minimum absolute atomic E-state index is 0.117. The number of carbonyl (C=O) groups excluding carboxylic acids is 1. The number of ether oxygens (including phenoxy) is 3. The number of aromatic nitrogens is 3. The molecular formula is C37H41N3O4. The highest BCUT2D eigenvalue weighted by Crippen LogP contribution is 2.44. The molecule has 5 aromatic rings. The second-order valence-electron chi connectivity index (χ2n) is 12.0. The lowest BCUT2D eigenvalue weighted by Gasteiger charge is -2.19. The third-order valence-corrected chi connectivity index (χ3v) is 7.39. The number of methoxy groups -OCH3 is 1. The third kappa shape index (κ3) is 7.46. The van der Waals surface area contributed by atoms with Crippen molar-refractivity contribution in [3.63, 3.8) is 0 Å². The SMILES string of the molecule is COc1ccc(-c2c(-c3ccccc3)n(Cc3ccccc3)c3ncnc(O[C@H](C)CCCCC(=O)OC(C)(C)C)c23)cc1.